The van der Waals surface area contributed by atoms with Crippen LogP contribution in [0.5, 0.6) is 5.75 Å². The van der Waals surface area contributed by atoms with Crippen molar-refractivity contribution in [2.75, 3.05) is 6.61 Å². The van der Waals surface area contributed by atoms with Crippen molar-refractivity contribution >= 4 is 11.8 Å². The van der Waals surface area contributed by atoms with Crippen molar-refractivity contribution in [2.24, 2.45) is 11.8 Å². The van der Waals surface area contributed by atoms with E-state index >= 15 is 0 Å². The predicted octanol–water partition coefficient (Wildman–Crippen LogP) is 3.92. The second-order valence-electron chi connectivity index (χ2n) is 7.31. The maximum atomic E-state index is 12.1. The van der Waals surface area contributed by atoms with Crippen LogP contribution >= 0.6 is 0 Å². The van der Waals surface area contributed by atoms with E-state index in [4.69, 9.17) is 5.11 Å². The average Bonchev–Trinajstić information content (AvgIpc) is 2.63. The molecule has 0 aliphatic heterocycles. The molecule has 1 unspecified atom stereocenters. The van der Waals surface area contributed by atoms with Gasteiger partial charge in [-0.1, -0.05) is 38.5 Å². The number of rotatable bonds is 10. The Bertz CT molecular complexity index is 728. The fraction of sp³-hybridized carbons (Fsp3) is 0.455. The van der Waals surface area contributed by atoms with Crippen molar-refractivity contribution in [1.29, 1.82) is 0 Å². The van der Waals surface area contributed by atoms with E-state index in [0.29, 0.717) is 36.3 Å². The molecule has 1 aromatic carbocycles. The van der Waals surface area contributed by atoms with Crippen LogP contribution in [0.2, 0.25) is 0 Å². The van der Waals surface area contributed by atoms with Gasteiger partial charge in [-0.2, -0.15) is 0 Å². The van der Waals surface area contributed by atoms with Gasteiger partial charge in [-0.3, -0.25) is 4.79 Å². The van der Waals surface area contributed by atoms with Gasteiger partial charge >= 0.3 is 5.97 Å². The van der Waals surface area contributed by atoms with Crippen LogP contribution in [-0.2, 0) is 17.6 Å². The number of aliphatic hydroxyl groups excluding tert-OH is 1. The molecule has 0 aliphatic carbocycles. The Balaban J connectivity index is 3.00. The Morgan fingerprint density at radius 3 is 2.33 bits per heavy atom. The summed E-state index contributed by atoms with van der Waals surface area (Å²) in [5.41, 5.74) is 1.86. The van der Waals surface area contributed by atoms with Gasteiger partial charge in [0.15, 0.2) is 5.78 Å². The fourth-order valence-corrected chi connectivity index (χ4v) is 2.54. The first kappa shape index (κ1) is 22.6. The molecule has 0 heterocycles. The molecule has 0 saturated heterocycles. The van der Waals surface area contributed by atoms with Crippen molar-refractivity contribution in [3.63, 3.8) is 0 Å². The number of carbonyl (C=O) groups excluding carboxylic acids is 1. The molecule has 27 heavy (non-hydrogen) atoms. The number of benzene rings is 1. The number of carboxylic acid groups (broad SMARTS) is 1. The molecule has 1 atom stereocenters. The number of aliphatic hydroxyl groups is 1. The number of allylic oxidation sites excluding steroid dienone is 3. The smallest absolute Gasteiger partial charge is 0.335 e. The topological polar surface area (TPSA) is 94.8 Å². The molecule has 0 aliphatic rings. The molecule has 148 valence electrons. The summed E-state index contributed by atoms with van der Waals surface area (Å²) >= 11 is 0. The van der Waals surface area contributed by atoms with E-state index in [2.05, 4.69) is 0 Å². The van der Waals surface area contributed by atoms with Gasteiger partial charge in [-0.05, 0) is 61.4 Å². The van der Waals surface area contributed by atoms with E-state index in [-0.39, 0.29) is 29.6 Å². The second kappa shape index (κ2) is 10.7. The molecule has 1 aromatic rings. The lowest BCUT2D eigenvalue weighted by atomic mass is 9.93. The molecule has 1 rings (SSSR count). The molecule has 5 heteroatoms. The number of carbonyl (C=O) groups is 2. The Labute approximate surface area is 161 Å². The van der Waals surface area contributed by atoms with E-state index in [1.165, 1.54) is 12.1 Å². The van der Waals surface area contributed by atoms with E-state index in [1.54, 1.807) is 19.1 Å². The third-order valence-corrected chi connectivity index (χ3v) is 4.41. The lowest BCUT2D eigenvalue weighted by Gasteiger charge is -2.13. The van der Waals surface area contributed by atoms with Gasteiger partial charge in [0.1, 0.15) is 5.75 Å². The van der Waals surface area contributed by atoms with Crippen molar-refractivity contribution in [3.8, 4) is 5.75 Å². The number of phenolic OH excluding ortho intramolecular Hbond substituents is 1. The van der Waals surface area contributed by atoms with Crippen LogP contribution in [0.4, 0.5) is 0 Å². The third-order valence-electron chi connectivity index (χ3n) is 4.41. The summed E-state index contributed by atoms with van der Waals surface area (Å²) in [6, 6.07) is 2.91. The maximum Gasteiger partial charge on any atom is 0.335 e. The van der Waals surface area contributed by atoms with E-state index < -0.39 is 5.97 Å². The summed E-state index contributed by atoms with van der Waals surface area (Å²) in [6.07, 6.45) is 6.46. The van der Waals surface area contributed by atoms with Crippen LogP contribution in [-0.4, -0.2) is 33.7 Å². The SMILES string of the molecule is C/C(=C\Cc1cc(C(=O)O)cc(CCC(C)C(=O)/C=C/C(C)C)c1O)CO. The van der Waals surface area contributed by atoms with E-state index in [9.17, 15) is 19.8 Å². The maximum absolute atomic E-state index is 12.1. The Kier molecular flexibility index (Phi) is 8.95. The summed E-state index contributed by atoms with van der Waals surface area (Å²) < 4.78 is 0. The van der Waals surface area contributed by atoms with Crippen LogP contribution < -0.4 is 0 Å². The number of hydrogen-bond donors (Lipinski definition) is 3. The number of ketones is 1. The van der Waals surface area contributed by atoms with Crippen molar-refractivity contribution < 1.29 is 24.9 Å². The zero-order chi connectivity index (χ0) is 20.6. The molecule has 0 amide bonds. The van der Waals surface area contributed by atoms with Gasteiger partial charge in [0, 0.05) is 5.92 Å². The van der Waals surface area contributed by atoms with Gasteiger partial charge in [0.25, 0.3) is 0 Å². The largest absolute Gasteiger partial charge is 0.507 e. The number of phenols is 1. The van der Waals surface area contributed by atoms with Crippen molar-refractivity contribution in [2.45, 2.75) is 47.0 Å². The highest BCUT2D eigenvalue weighted by atomic mass is 16.4. The number of hydrogen-bond acceptors (Lipinski definition) is 4. The first-order valence-electron chi connectivity index (χ1n) is 9.22. The number of aromatic hydroxyl groups is 1. The van der Waals surface area contributed by atoms with Crippen LogP contribution in [0.1, 0.15) is 55.6 Å². The highest BCUT2D eigenvalue weighted by Crippen LogP contribution is 2.28. The minimum atomic E-state index is -1.07. The molecule has 5 nitrogen and oxygen atoms in total. The molecule has 0 fully saturated rings. The van der Waals surface area contributed by atoms with Crippen LogP contribution in [0, 0.1) is 11.8 Å². The summed E-state index contributed by atoms with van der Waals surface area (Å²) in [7, 11) is 0. The molecular formula is C22H30O5. The lowest BCUT2D eigenvalue weighted by Crippen LogP contribution is -2.10. The monoisotopic (exact) mass is 374 g/mol. The highest BCUT2D eigenvalue weighted by molar-refractivity contribution is 5.91. The quantitative estimate of drug-likeness (QED) is 0.426. The molecule has 0 saturated carbocycles. The zero-order valence-corrected chi connectivity index (χ0v) is 16.5. The van der Waals surface area contributed by atoms with Crippen LogP contribution in [0.25, 0.3) is 0 Å². The first-order chi connectivity index (χ1) is 12.6. The Morgan fingerprint density at radius 2 is 1.78 bits per heavy atom. The normalized spacial score (nSPS) is 13.3. The number of carboxylic acids is 1. The van der Waals surface area contributed by atoms with Crippen LogP contribution in [0.15, 0.2) is 35.9 Å². The molecule has 3 N–H and O–H groups in total. The van der Waals surface area contributed by atoms with Gasteiger partial charge in [-0.15, -0.1) is 0 Å². The Morgan fingerprint density at radius 1 is 1.15 bits per heavy atom. The summed E-state index contributed by atoms with van der Waals surface area (Å²) in [5.74, 6) is -0.897. The van der Waals surface area contributed by atoms with E-state index in [0.717, 1.165) is 5.57 Å². The summed E-state index contributed by atoms with van der Waals surface area (Å²) in [4.78, 5) is 23.5. The number of aryl methyl sites for hydroxylation is 1. The number of aromatic carboxylic acids is 1. The summed E-state index contributed by atoms with van der Waals surface area (Å²) in [6.45, 7) is 7.50. The van der Waals surface area contributed by atoms with E-state index in [1.807, 2.05) is 26.8 Å². The fourth-order valence-electron chi connectivity index (χ4n) is 2.54. The molecular weight excluding hydrogens is 344 g/mol. The molecule has 0 aromatic heterocycles. The van der Waals surface area contributed by atoms with Gasteiger partial charge in [0.05, 0.1) is 12.2 Å². The standard InChI is InChI=1S/C22H30O5/c1-14(2)5-10-20(24)16(4)7-9-18-12-19(22(26)27)11-17(21(18)25)8-6-15(3)13-23/h5-6,10-12,14,16,23,25H,7-9,13H2,1-4H3,(H,26,27)/b10-5+,15-6+. The Hall–Kier alpha value is -2.40. The zero-order valence-electron chi connectivity index (χ0n) is 16.5. The van der Waals surface area contributed by atoms with Crippen LogP contribution in [0.3, 0.4) is 0 Å². The van der Waals surface area contributed by atoms with Crippen molar-refractivity contribution in [1.82, 2.24) is 0 Å². The molecule has 0 spiro atoms. The van der Waals surface area contributed by atoms with Gasteiger partial charge in [0.2, 0.25) is 0 Å². The second-order valence-corrected chi connectivity index (χ2v) is 7.31. The summed E-state index contributed by atoms with van der Waals surface area (Å²) in [5, 5.41) is 29.0. The minimum Gasteiger partial charge on any atom is -0.507 e. The predicted molar refractivity (Wildman–Crippen MR) is 106 cm³/mol. The third kappa shape index (κ3) is 7.39. The molecule has 0 bridgehead atoms. The highest BCUT2D eigenvalue weighted by Gasteiger charge is 2.16. The molecule has 0 radical (unpaired) electrons. The van der Waals surface area contributed by atoms with Crippen molar-refractivity contribution in [3.05, 3.63) is 52.6 Å². The lowest BCUT2D eigenvalue weighted by molar-refractivity contribution is -0.117. The van der Waals surface area contributed by atoms with Gasteiger partial charge < -0.3 is 15.3 Å². The van der Waals surface area contributed by atoms with Gasteiger partial charge in [-0.25, -0.2) is 4.79 Å². The average molecular weight is 374 g/mol. The minimum absolute atomic E-state index is 0.0271. The first-order valence-corrected chi connectivity index (χ1v) is 9.22.